The standard InChI is InChI=1S/C12H25N3O2/c1-10(2)15(8-6-12(13)14-16)7-5-11-4-3-9-17-11/h10-11,16H,3-9H2,1-2H3,(H2,13,14). The van der Waals surface area contributed by atoms with Gasteiger partial charge in [-0.25, -0.2) is 0 Å². The van der Waals surface area contributed by atoms with Gasteiger partial charge in [-0.3, -0.25) is 0 Å². The van der Waals surface area contributed by atoms with Gasteiger partial charge in [0.2, 0.25) is 0 Å². The van der Waals surface area contributed by atoms with Crippen molar-refractivity contribution >= 4 is 5.84 Å². The highest BCUT2D eigenvalue weighted by Gasteiger charge is 2.18. The second kappa shape index (κ2) is 7.50. The molecule has 5 heteroatoms. The molecule has 1 aliphatic rings. The third-order valence-corrected chi connectivity index (χ3v) is 3.28. The zero-order valence-electron chi connectivity index (χ0n) is 10.9. The number of hydrogen-bond donors (Lipinski definition) is 2. The second-order valence-corrected chi connectivity index (χ2v) is 4.89. The van der Waals surface area contributed by atoms with Crippen molar-refractivity contribution in [3.8, 4) is 0 Å². The van der Waals surface area contributed by atoms with Crippen LogP contribution >= 0.6 is 0 Å². The predicted molar refractivity (Wildman–Crippen MR) is 68.3 cm³/mol. The van der Waals surface area contributed by atoms with Crippen molar-refractivity contribution < 1.29 is 9.94 Å². The fraction of sp³-hybridized carbons (Fsp3) is 0.917. The maximum atomic E-state index is 8.51. The Kier molecular flexibility index (Phi) is 6.29. The third-order valence-electron chi connectivity index (χ3n) is 3.28. The van der Waals surface area contributed by atoms with Crippen molar-refractivity contribution in [2.75, 3.05) is 19.7 Å². The number of hydrogen-bond acceptors (Lipinski definition) is 4. The van der Waals surface area contributed by atoms with E-state index >= 15 is 0 Å². The smallest absolute Gasteiger partial charge is 0.140 e. The molecule has 17 heavy (non-hydrogen) atoms. The van der Waals surface area contributed by atoms with Crippen LogP contribution in [0.15, 0.2) is 5.16 Å². The quantitative estimate of drug-likeness (QED) is 0.307. The van der Waals surface area contributed by atoms with Crippen LogP contribution in [0.1, 0.15) is 39.5 Å². The normalized spacial score (nSPS) is 21.6. The largest absolute Gasteiger partial charge is 0.409 e. The molecule has 0 aromatic heterocycles. The van der Waals surface area contributed by atoms with Gasteiger partial charge in [-0.1, -0.05) is 5.16 Å². The van der Waals surface area contributed by atoms with Gasteiger partial charge >= 0.3 is 0 Å². The molecule has 0 aromatic carbocycles. The Bertz CT molecular complexity index is 238. The summed E-state index contributed by atoms with van der Waals surface area (Å²) < 4.78 is 5.61. The summed E-state index contributed by atoms with van der Waals surface area (Å²) in [6, 6.07) is 0.475. The lowest BCUT2D eigenvalue weighted by Crippen LogP contribution is -2.36. The molecule has 100 valence electrons. The number of ether oxygens (including phenoxy) is 1. The van der Waals surface area contributed by atoms with Gasteiger partial charge in [-0.15, -0.1) is 0 Å². The third kappa shape index (κ3) is 5.37. The van der Waals surface area contributed by atoms with E-state index in [1.807, 2.05) is 0 Å². The molecule has 0 bridgehead atoms. The van der Waals surface area contributed by atoms with Gasteiger partial charge in [0.25, 0.3) is 0 Å². The summed E-state index contributed by atoms with van der Waals surface area (Å²) in [6.07, 6.45) is 4.50. The van der Waals surface area contributed by atoms with Crippen molar-refractivity contribution in [2.45, 2.75) is 51.7 Å². The molecule has 1 saturated heterocycles. The van der Waals surface area contributed by atoms with Crippen LogP contribution in [0.4, 0.5) is 0 Å². The minimum atomic E-state index is 0.299. The van der Waals surface area contributed by atoms with Crippen LogP contribution in [0.5, 0.6) is 0 Å². The first-order chi connectivity index (χ1) is 8.13. The fourth-order valence-electron chi connectivity index (χ4n) is 2.12. The Morgan fingerprint density at radius 3 is 2.82 bits per heavy atom. The molecule has 0 saturated carbocycles. The number of rotatable bonds is 7. The molecule has 0 spiro atoms. The Morgan fingerprint density at radius 2 is 2.29 bits per heavy atom. The maximum absolute atomic E-state index is 8.51. The van der Waals surface area contributed by atoms with Crippen molar-refractivity contribution in [2.24, 2.45) is 10.9 Å². The Balaban J connectivity index is 2.27. The van der Waals surface area contributed by atoms with Gasteiger partial charge in [0.1, 0.15) is 5.84 Å². The van der Waals surface area contributed by atoms with E-state index in [2.05, 4.69) is 23.9 Å². The van der Waals surface area contributed by atoms with Crippen LogP contribution < -0.4 is 5.73 Å². The van der Waals surface area contributed by atoms with Gasteiger partial charge in [-0.2, -0.15) is 0 Å². The molecule has 1 heterocycles. The number of oxime groups is 1. The first-order valence-corrected chi connectivity index (χ1v) is 6.45. The van der Waals surface area contributed by atoms with Crippen molar-refractivity contribution in [3.63, 3.8) is 0 Å². The van der Waals surface area contributed by atoms with Gasteiger partial charge in [-0.05, 0) is 33.1 Å². The highest BCUT2D eigenvalue weighted by molar-refractivity contribution is 5.79. The average Bonchev–Trinajstić information content (AvgIpc) is 2.81. The van der Waals surface area contributed by atoms with E-state index in [9.17, 15) is 0 Å². The van der Waals surface area contributed by atoms with Gasteiger partial charge in [0, 0.05) is 32.2 Å². The van der Waals surface area contributed by atoms with Crippen molar-refractivity contribution in [1.29, 1.82) is 0 Å². The lowest BCUT2D eigenvalue weighted by molar-refractivity contribution is 0.0876. The number of nitrogens with zero attached hydrogens (tertiary/aromatic N) is 2. The van der Waals surface area contributed by atoms with Gasteiger partial charge < -0.3 is 20.6 Å². The van der Waals surface area contributed by atoms with E-state index in [1.165, 1.54) is 12.8 Å². The minimum absolute atomic E-state index is 0.299. The minimum Gasteiger partial charge on any atom is -0.409 e. The highest BCUT2D eigenvalue weighted by atomic mass is 16.5. The summed E-state index contributed by atoms with van der Waals surface area (Å²) in [5.74, 6) is 0.299. The van der Waals surface area contributed by atoms with Crippen LogP contribution in [-0.2, 0) is 4.74 Å². The SMILES string of the molecule is CC(C)N(CCC(N)=NO)CCC1CCCO1. The zero-order valence-corrected chi connectivity index (χ0v) is 10.9. The summed E-state index contributed by atoms with van der Waals surface area (Å²) >= 11 is 0. The maximum Gasteiger partial charge on any atom is 0.140 e. The van der Waals surface area contributed by atoms with E-state index in [-0.39, 0.29) is 0 Å². The Hall–Kier alpha value is -0.810. The van der Waals surface area contributed by atoms with E-state index in [1.54, 1.807) is 0 Å². The van der Waals surface area contributed by atoms with Crippen LogP contribution in [0.2, 0.25) is 0 Å². The Labute approximate surface area is 104 Å². The van der Waals surface area contributed by atoms with Gasteiger partial charge in [0.05, 0.1) is 6.10 Å². The molecule has 0 aliphatic carbocycles. The van der Waals surface area contributed by atoms with Crippen LogP contribution in [0, 0.1) is 0 Å². The molecule has 5 nitrogen and oxygen atoms in total. The van der Waals surface area contributed by atoms with E-state index in [0.717, 1.165) is 26.1 Å². The predicted octanol–water partition coefficient (Wildman–Crippen LogP) is 1.40. The number of amidine groups is 1. The molecule has 1 unspecified atom stereocenters. The lowest BCUT2D eigenvalue weighted by atomic mass is 10.1. The molecule has 0 radical (unpaired) electrons. The van der Waals surface area contributed by atoms with Crippen LogP contribution in [0.25, 0.3) is 0 Å². The van der Waals surface area contributed by atoms with Crippen LogP contribution in [-0.4, -0.2) is 47.8 Å². The fourth-order valence-corrected chi connectivity index (χ4v) is 2.12. The highest BCUT2D eigenvalue weighted by Crippen LogP contribution is 2.16. The molecule has 1 aliphatic heterocycles. The summed E-state index contributed by atoms with van der Waals surface area (Å²) in [4.78, 5) is 2.35. The summed E-state index contributed by atoms with van der Waals surface area (Å²) in [7, 11) is 0. The molecular formula is C12H25N3O2. The molecule has 3 N–H and O–H groups in total. The number of nitrogens with two attached hydrogens (primary N) is 1. The summed E-state index contributed by atoms with van der Waals surface area (Å²) in [5.41, 5.74) is 5.49. The molecule has 1 rings (SSSR count). The Morgan fingerprint density at radius 1 is 1.53 bits per heavy atom. The molecule has 1 atom stereocenters. The molecule has 1 fully saturated rings. The molecular weight excluding hydrogens is 218 g/mol. The summed E-state index contributed by atoms with van der Waals surface area (Å²) in [5, 5.41) is 11.5. The first kappa shape index (κ1) is 14.3. The first-order valence-electron chi connectivity index (χ1n) is 6.45. The molecule has 0 amide bonds. The topological polar surface area (TPSA) is 71.1 Å². The van der Waals surface area contributed by atoms with Crippen molar-refractivity contribution in [1.82, 2.24) is 4.90 Å². The van der Waals surface area contributed by atoms with E-state index in [4.69, 9.17) is 15.7 Å². The second-order valence-electron chi connectivity index (χ2n) is 4.89. The van der Waals surface area contributed by atoms with E-state index < -0.39 is 0 Å². The van der Waals surface area contributed by atoms with Gasteiger partial charge in [0.15, 0.2) is 0 Å². The van der Waals surface area contributed by atoms with E-state index in [0.29, 0.717) is 24.4 Å². The zero-order chi connectivity index (χ0) is 12.7. The monoisotopic (exact) mass is 243 g/mol. The summed E-state index contributed by atoms with van der Waals surface area (Å²) in [6.45, 7) is 7.10. The average molecular weight is 243 g/mol. The lowest BCUT2D eigenvalue weighted by Gasteiger charge is -2.27. The molecule has 0 aromatic rings. The van der Waals surface area contributed by atoms with Crippen LogP contribution in [0.3, 0.4) is 0 Å². The van der Waals surface area contributed by atoms with Crippen molar-refractivity contribution in [3.05, 3.63) is 0 Å².